The number of nitrogens with zero attached hydrogens (tertiary/aromatic N) is 3. The molecule has 3 rings (SSSR count). The molecule has 0 spiro atoms. The highest BCUT2D eigenvalue weighted by Gasteiger charge is 2.33. The molecule has 1 aliphatic rings. The molecule has 0 radical (unpaired) electrons. The van der Waals surface area contributed by atoms with E-state index in [2.05, 4.69) is 11.6 Å². The van der Waals surface area contributed by atoms with Crippen molar-refractivity contribution in [1.82, 2.24) is 4.90 Å². The number of benzene rings is 2. The van der Waals surface area contributed by atoms with E-state index in [4.69, 9.17) is 4.74 Å². The Kier molecular flexibility index (Phi) is 4.79. The van der Waals surface area contributed by atoms with Gasteiger partial charge in [-0.3, -0.25) is 15.0 Å². The van der Waals surface area contributed by atoms with Gasteiger partial charge in [0.25, 0.3) is 5.69 Å². The van der Waals surface area contributed by atoms with Crippen LogP contribution in [0.25, 0.3) is 0 Å². The fraction of sp³-hybridized carbons (Fsp3) is 0.158. The van der Waals surface area contributed by atoms with Crippen molar-refractivity contribution in [3.63, 3.8) is 0 Å². The molecule has 0 saturated carbocycles. The van der Waals surface area contributed by atoms with Crippen molar-refractivity contribution >= 4 is 17.6 Å². The normalized spacial score (nSPS) is 16.7. The molecule has 132 valence electrons. The van der Waals surface area contributed by atoms with Gasteiger partial charge in [-0.05, 0) is 24.6 Å². The summed E-state index contributed by atoms with van der Waals surface area (Å²) in [5, 5.41) is 10.9. The van der Waals surface area contributed by atoms with E-state index in [-0.39, 0.29) is 11.6 Å². The zero-order valence-electron chi connectivity index (χ0n) is 14.2. The zero-order chi connectivity index (χ0) is 18.7. The van der Waals surface area contributed by atoms with Crippen LogP contribution in [-0.2, 0) is 11.3 Å². The van der Waals surface area contributed by atoms with Crippen LogP contribution < -0.4 is 0 Å². The number of carbonyl (C=O) groups excluding carboxylic acids is 1. The number of nitro benzene ring substituents is 1. The summed E-state index contributed by atoms with van der Waals surface area (Å²) in [7, 11) is 0. The van der Waals surface area contributed by atoms with E-state index in [1.807, 2.05) is 30.3 Å². The maximum absolute atomic E-state index is 12.6. The monoisotopic (exact) mass is 351 g/mol. The second-order valence-corrected chi connectivity index (χ2v) is 5.91. The standard InChI is InChI=1S/C19H17N3O4/c1-13(2)17-20-19(23)21(12-14-6-4-3-5-7-14)18(26-17)15-8-10-16(11-9-15)22(24)25/h3-11,18H,1,12H2,2H3. The molecule has 1 heterocycles. The van der Waals surface area contributed by atoms with E-state index >= 15 is 0 Å². The van der Waals surface area contributed by atoms with Crippen LogP contribution in [0.15, 0.2) is 71.7 Å². The van der Waals surface area contributed by atoms with Crippen LogP contribution in [0.5, 0.6) is 0 Å². The number of rotatable bonds is 5. The minimum absolute atomic E-state index is 0.0284. The molecule has 1 unspecified atom stereocenters. The Hall–Kier alpha value is -3.48. The average Bonchev–Trinajstić information content (AvgIpc) is 2.64. The molecule has 2 amide bonds. The smallest absolute Gasteiger partial charge is 0.350 e. The van der Waals surface area contributed by atoms with Crippen LogP contribution in [0.1, 0.15) is 24.3 Å². The largest absolute Gasteiger partial charge is 0.449 e. The summed E-state index contributed by atoms with van der Waals surface area (Å²) in [6.45, 7) is 5.77. The molecular formula is C19H17N3O4. The van der Waals surface area contributed by atoms with Gasteiger partial charge in [0.15, 0.2) is 0 Å². The Bertz CT molecular complexity index is 875. The molecule has 2 aromatic carbocycles. The number of aliphatic imine (C=N–C) groups is 1. The number of hydrogen-bond donors (Lipinski definition) is 0. The number of ether oxygens (including phenoxy) is 1. The lowest BCUT2D eigenvalue weighted by atomic mass is 10.1. The van der Waals surface area contributed by atoms with E-state index in [0.717, 1.165) is 5.56 Å². The molecule has 7 nitrogen and oxygen atoms in total. The summed E-state index contributed by atoms with van der Waals surface area (Å²) in [6.07, 6.45) is -0.743. The van der Waals surface area contributed by atoms with E-state index < -0.39 is 17.2 Å². The molecule has 1 atom stereocenters. The number of nitro groups is 1. The predicted molar refractivity (Wildman–Crippen MR) is 96.6 cm³/mol. The third-order valence-electron chi connectivity index (χ3n) is 3.90. The first-order valence-corrected chi connectivity index (χ1v) is 7.96. The molecule has 0 saturated heterocycles. The second kappa shape index (κ2) is 7.18. The van der Waals surface area contributed by atoms with Crippen LogP contribution in [0.2, 0.25) is 0 Å². The lowest BCUT2D eigenvalue weighted by molar-refractivity contribution is -0.384. The van der Waals surface area contributed by atoms with Crippen molar-refractivity contribution < 1.29 is 14.5 Å². The van der Waals surface area contributed by atoms with Gasteiger partial charge in [-0.15, -0.1) is 0 Å². The average molecular weight is 351 g/mol. The van der Waals surface area contributed by atoms with Crippen LogP contribution >= 0.6 is 0 Å². The molecule has 0 N–H and O–H groups in total. The van der Waals surface area contributed by atoms with Crippen LogP contribution in [-0.4, -0.2) is 21.8 Å². The van der Waals surface area contributed by atoms with Gasteiger partial charge in [0.2, 0.25) is 12.1 Å². The van der Waals surface area contributed by atoms with Gasteiger partial charge in [0, 0.05) is 23.3 Å². The lowest BCUT2D eigenvalue weighted by Gasteiger charge is -2.34. The summed E-state index contributed by atoms with van der Waals surface area (Å²) in [4.78, 5) is 28.4. The number of non-ortho nitro benzene ring substituents is 1. The van der Waals surface area contributed by atoms with E-state index in [1.54, 1.807) is 19.1 Å². The molecule has 0 aliphatic carbocycles. The highest BCUT2D eigenvalue weighted by molar-refractivity contribution is 6.01. The number of urea groups is 1. The molecule has 7 heteroatoms. The maximum Gasteiger partial charge on any atom is 0.350 e. The highest BCUT2D eigenvalue weighted by Crippen LogP contribution is 2.30. The van der Waals surface area contributed by atoms with Crippen molar-refractivity contribution in [2.75, 3.05) is 0 Å². The van der Waals surface area contributed by atoms with E-state index in [1.165, 1.54) is 17.0 Å². The second-order valence-electron chi connectivity index (χ2n) is 5.91. The van der Waals surface area contributed by atoms with Gasteiger partial charge in [0.1, 0.15) is 0 Å². The molecule has 0 bridgehead atoms. The van der Waals surface area contributed by atoms with Crippen molar-refractivity contribution in [2.24, 2.45) is 4.99 Å². The van der Waals surface area contributed by atoms with E-state index in [9.17, 15) is 14.9 Å². The van der Waals surface area contributed by atoms with Crippen LogP contribution in [0, 0.1) is 10.1 Å². The minimum Gasteiger partial charge on any atom is -0.449 e. The summed E-state index contributed by atoms with van der Waals surface area (Å²) in [5.74, 6) is 0.169. The highest BCUT2D eigenvalue weighted by atomic mass is 16.6. The van der Waals surface area contributed by atoms with Crippen molar-refractivity contribution in [2.45, 2.75) is 19.7 Å². The van der Waals surface area contributed by atoms with Gasteiger partial charge in [-0.1, -0.05) is 36.9 Å². The maximum atomic E-state index is 12.6. The van der Waals surface area contributed by atoms with Gasteiger partial charge >= 0.3 is 6.03 Å². The first-order valence-electron chi connectivity index (χ1n) is 7.96. The number of carbonyl (C=O) groups is 1. The van der Waals surface area contributed by atoms with Gasteiger partial charge in [-0.25, -0.2) is 4.79 Å². The molecule has 2 aromatic rings. The third kappa shape index (κ3) is 3.61. The summed E-state index contributed by atoms with van der Waals surface area (Å²) < 4.78 is 5.88. The number of amides is 2. The van der Waals surface area contributed by atoms with Crippen LogP contribution in [0.4, 0.5) is 10.5 Å². The van der Waals surface area contributed by atoms with Crippen LogP contribution in [0.3, 0.4) is 0 Å². The van der Waals surface area contributed by atoms with Gasteiger partial charge < -0.3 is 4.74 Å². The Morgan fingerprint density at radius 2 is 1.88 bits per heavy atom. The van der Waals surface area contributed by atoms with Crippen molar-refractivity contribution in [1.29, 1.82) is 0 Å². The van der Waals surface area contributed by atoms with E-state index in [0.29, 0.717) is 17.7 Å². The Labute approximate surface area is 150 Å². The molecule has 1 aliphatic heterocycles. The fourth-order valence-electron chi connectivity index (χ4n) is 2.58. The first kappa shape index (κ1) is 17.3. The Morgan fingerprint density at radius 1 is 1.23 bits per heavy atom. The fourth-order valence-corrected chi connectivity index (χ4v) is 2.58. The summed E-state index contributed by atoms with van der Waals surface area (Å²) in [5.41, 5.74) is 2.04. The minimum atomic E-state index is -0.743. The zero-order valence-corrected chi connectivity index (χ0v) is 14.2. The number of hydrogen-bond acceptors (Lipinski definition) is 4. The third-order valence-corrected chi connectivity index (χ3v) is 3.90. The predicted octanol–water partition coefficient (Wildman–Crippen LogP) is 4.22. The molecule has 0 aromatic heterocycles. The van der Waals surface area contributed by atoms with Crippen molar-refractivity contribution in [3.8, 4) is 0 Å². The molecule has 0 fully saturated rings. The van der Waals surface area contributed by atoms with Gasteiger partial charge in [-0.2, -0.15) is 4.99 Å². The van der Waals surface area contributed by atoms with Gasteiger partial charge in [0.05, 0.1) is 11.5 Å². The Morgan fingerprint density at radius 3 is 2.46 bits per heavy atom. The summed E-state index contributed by atoms with van der Waals surface area (Å²) in [6, 6.07) is 14.9. The molecule has 26 heavy (non-hydrogen) atoms. The SMILES string of the molecule is C=C(C)C1=NC(=O)N(Cc2ccccc2)C(c2ccc([N+](=O)[O-])cc2)O1. The quantitative estimate of drug-likeness (QED) is 0.596. The molecular weight excluding hydrogens is 334 g/mol. The Balaban J connectivity index is 1.96. The first-order chi connectivity index (χ1) is 12.5. The summed E-state index contributed by atoms with van der Waals surface area (Å²) >= 11 is 0. The lowest BCUT2D eigenvalue weighted by Crippen LogP contribution is -2.39. The topological polar surface area (TPSA) is 85.0 Å². The van der Waals surface area contributed by atoms with Crippen molar-refractivity contribution in [3.05, 3.63) is 88.0 Å².